The number of nitrogens with zero attached hydrogens (tertiary/aromatic N) is 1. The molecule has 0 aliphatic carbocycles. The van der Waals surface area contributed by atoms with Crippen LogP contribution in [0.3, 0.4) is 0 Å². The molecule has 27 heavy (non-hydrogen) atoms. The van der Waals surface area contributed by atoms with Gasteiger partial charge in [0.1, 0.15) is 6.04 Å². The molecule has 156 valence electrons. The van der Waals surface area contributed by atoms with Crippen molar-refractivity contribution in [2.75, 3.05) is 19.8 Å². The van der Waals surface area contributed by atoms with E-state index in [-0.39, 0.29) is 13.2 Å². The van der Waals surface area contributed by atoms with Crippen molar-refractivity contribution < 1.29 is 29.0 Å². The van der Waals surface area contributed by atoms with Crippen molar-refractivity contribution in [1.82, 2.24) is 4.90 Å². The molecule has 1 amide bonds. The summed E-state index contributed by atoms with van der Waals surface area (Å²) in [5.41, 5.74) is 0. The molecule has 7 heteroatoms. The fourth-order valence-corrected chi connectivity index (χ4v) is 3.25. The summed E-state index contributed by atoms with van der Waals surface area (Å²) in [5.74, 6) is -4.88. The minimum Gasteiger partial charge on any atom is -0.464 e. The van der Waals surface area contributed by atoms with Gasteiger partial charge in [0.15, 0.2) is 0 Å². The highest BCUT2D eigenvalue weighted by atomic mass is 16.6. The zero-order valence-corrected chi connectivity index (χ0v) is 17.2. The van der Waals surface area contributed by atoms with Gasteiger partial charge in [0.25, 0.3) is 11.7 Å². The summed E-state index contributed by atoms with van der Waals surface area (Å²) < 4.78 is 10.4. The smallest absolute Gasteiger partial charge is 0.328 e. The monoisotopic (exact) mass is 385 g/mol. The summed E-state index contributed by atoms with van der Waals surface area (Å²) in [5, 5.41) is 10.5. The minimum atomic E-state index is -2.09. The summed E-state index contributed by atoms with van der Waals surface area (Å²) in [6, 6.07) is -0.760. The van der Waals surface area contributed by atoms with Gasteiger partial charge in [-0.25, -0.2) is 4.79 Å². The Morgan fingerprint density at radius 2 is 1.81 bits per heavy atom. The number of rotatable bonds is 5. The number of likely N-dealkylation sites (tertiary alicyclic amines) is 1. The molecular formula is C20H35NO6. The maximum absolute atomic E-state index is 12.7. The summed E-state index contributed by atoms with van der Waals surface area (Å²) in [4.78, 5) is 38.7. The lowest BCUT2D eigenvalue weighted by Gasteiger charge is -2.39. The van der Waals surface area contributed by atoms with Crippen molar-refractivity contribution in [3.63, 3.8) is 0 Å². The summed E-state index contributed by atoms with van der Waals surface area (Å²) in [6.07, 6.45) is 5.26. The van der Waals surface area contributed by atoms with Gasteiger partial charge >= 0.3 is 5.97 Å². The van der Waals surface area contributed by atoms with Gasteiger partial charge in [-0.1, -0.05) is 34.1 Å². The summed E-state index contributed by atoms with van der Waals surface area (Å²) in [6.45, 7) is 8.66. The Bertz CT molecular complexity index is 509. The highest BCUT2D eigenvalue weighted by Crippen LogP contribution is 2.31. The lowest BCUT2D eigenvalue weighted by molar-refractivity contribution is -0.240. The van der Waals surface area contributed by atoms with Crippen LogP contribution in [-0.4, -0.2) is 59.3 Å². The van der Waals surface area contributed by atoms with Crippen molar-refractivity contribution in [1.29, 1.82) is 0 Å². The van der Waals surface area contributed by atoms with Crippen LogP contribution in [0.2, 0.25) is 0 Å². The normalized spacial score (nSPS) is 28.0. The van der Waals surface area contributed by atoms with Gasteiger partial charge in [-0.05, 0) is 38.5 Å². The van der Waals surface area contributed by atoms with Crippen LogP contribution >= 0.6 is 0 Å². The zero-order chi connectivity index (χ0) is 20.4. The Kier molecular flexibility index (Phi) is 9.94. The van der Waals surface area contributed by atoms with E-state index >= 15 is 0 Å². The second-order valence-electron chi connectivity index (χ2n) is 7.30. The number of hydrogen-bond donors (Lipinski definition) is 1. The molecule has 3 atom stereocenters. The van der Waals surface area contributed by atoms with Crippen LogP contribution in [0.15, 0.2) is 0 Å². The van der Waals surface area contributed by atoms with Gasteiger partial charge < -0.3 is 19.5 Å². The molecule has 2 saturated heterocycles. The molecular weight excluding hydrogens is 350 g/mol. The molecule has 0 spiro atoms. The van der Waals surface area contributed by atoms with E-state index in [1.165, 1.54) is 11.3 Å². The number of carbonyl (C=O) groups excluding carboxylic acids is 3. The van der Waals surface area contributed by atoms with E-state index in [2.05, 4.69) is 13.8 Å². The average molecular weight is 386 g/mol. The van der Waals surface area contributed by atoms with Crippen molar-refractivity contribution in [3.05, 3.63) is 0 Å². The lowest BCUT2D eigenvalue weighted by Crippen LogP contribution is -2.59. The SMILES string of the molecule is CCC.CCCOC(=O)[C@@H]1CCCCN1C(=O)C(=O)[C@]1(O)OCCCC1C. The number of ketones is 1. The fraction of sp³-hybridized carbons (Fsp3) is 0.850. The Labute approximate surface area is 162 Å². The van der Waals surface area contributed by atoms with E-state index in [4.69, 9.17) is 9.47 Å². The molecule has 2 fully saturated rings. The fourth-order valence-electron chi connectivity index (χ4n) is 3.25. The first-order chi connectivity index (χ1) is 12.8. The van der Waals surface area contributed by atoms with Gasteiger partial charge in [-0.3, -0.25) is 9.59 Å². The van der Waals surface area contributed by atoms with Crippen LogP contribution < -0.4 is 0 Å². The first-order valence-electron chi connectivity index (χ1n) is 10.2. The molecule has 7 nitrogen and oxygen atoms in total. The molecule has 2 heterocycles. The van der Waals surface area contributed by atoms with Gasteiger partial charge in [-0.2, -0.15) is 0 Å². The van der Waals surface area contributed by atoms with Crippen molar-refractivity contribution in [3.8, 4) is 0 Å². The van der Waals surface area contributed by atoms with Crippen LogP contribution in [0.4, 0.5) is 0 Å². The Hall–Kier alpha value is -1.47. The van der Waals surface area contributed by atoms with E-state index in [0.717, 1.165) is 12.8 Å². The van der Waals surface area contributed by atoms with E-state index in [9.17, 15) is 19.5 Å². The molecule has 2 rings (SSSR count). The van der Waals surface area contributed by atoms with Crippen molar-refractivity contribution >= 4 is 17.7 Å². The number of aliphatic hydroxyl groups is 1. The third-order valence-electron chi connectivity index (χ3n) is 4.78. The number of esters is 1. The predicted molar refractivity (Wildman–Crippen MR) is 101 cm³/mol. The standard InChI is InChI=1S/C17H27NO6.C3H8/c1-3-10-23-16(21)13-8-4-5-9-18(13)15(20)14(19)17(22)12(2)7-6-11-24-17;1-3-2/h12-13,22H,3-11H2,1-2H3;3H2,1-2H3/t12?,13-,17+;/m0./s1. The van der Waals surface area contributed by atoms with E-state index in [0.29, 0.717) is 32.2 Å². The average Bonchev–Trinajstić information content (AvgIpc) is 2.68. The van der Waals surface area contributed by atoms with E-state index in [1.807, 2.05) is 6.92 Å². The Morgan fingerprint density at radius 3 is 2.41 bits per heavy atom. The third-order valence-corrected chi connectivity index (χ3v) is 4.78. The molecule has 0 saturated carbocycles. The Morgan fingerprint density at radius 1 is 1.15 bits per heavy atom. The molecule has 0 aromatic rings. The minimum absolute atomic E-state index is 0.238. The largest absolute Gasteiger partial charge is 0.464 e. The number of hydrogen-bond acceptors (Lipinski definition) is 6. The van der Waals surface area contributed by atoms with Crippen LogP contribution in [0.25, 0.3) is 0 Å². The van der Waals surface area contributed by atoms with E-state index < -0.39 is 35.4 Å². The topological polar surface area (TPSA) is 93.1 Å². The van der Waals surface area contributed by atoms with Crippen molar-refractivity contribution in [2.45, 2.75) is 84.5 Å². The molecule has 0 aromatic heterocycles. The molecule has 0 aromatic carbocycles. The zero-order valence-electron chi connectivity index (χ0n) is 17.2. The second-order valence-corrected chi connectivity index (χ2v) is 7.30. The first kappa shape index (κ1) is 23.6. The van der Waals surface area contributed by atoms with Crippen LogP contribution in [0, 0.1) is 5.92 Å². The highest BCUT2D eigenvalue weighted by Gasteiger charge is 2.50. The van der Waals surface area contributed by atoms with Gasteiger partial charge in [-0.15, -0.1) is 0 Å². The lowest BCUT2D eigenvalue weighted by atomic mass is 9.88. The van der Waals surface area contributed by atoms with Crippen LogP contribution in [-0.2, 0) is 23.9 Å². The van der Waals surface area contributed by atoms with Crippen LogP contribution in [0.1, 0.15) is 72.6 Å². The molecule has 1 unspecified atom stereocenters. The van der Waals surface area contributed by atoms with Gasteiger partial charge in [0.05, 0.1) is 13.2 Å². The molecule has 0 radical (unpaired) electrons. The maximum atomic E-state index is 12.7. The van der Waals surface area contributed by atoms with Crippen molar-refractivity contribution in [2.24, 2.45) is 5.92 Å². The van der Waals surface area contributed by atoms with Crippen LogP contribution in [0.5, 0.6) is 0 Å². The number of piperidine rings is 1. The summed E-state index contributed by atoms with van der Waals surface area (Å²) >= 11 is 0. The second kappa shape index (κ2) is 11.4. The van der Waals surface area contributed by atoms with Gasteiger partial charge in [0, 0.05) is 12.5 Å². The third kappa shape index (κ3) is 6.01. The molecule has 0 bridgehead atoms. The van der Waals surface area contributed by atoms with Gasteiger partial charge in [0.2, 0.25) is 5.79 Å². The molecule has 2 aliphatic rings. The number of Topliss-reactive ketones (excluding diaryl/α,β-unsaturated/α-hetero) is 1. The molecule has 2 aliphatic heterocycles. The predicted octanol–water partition coefficient (Wildman–Crippen LogP) is 2.44. The Balaban J connectivity index is 0.00000114. The number of ether oxygens (including phenoxy) is 2. The maximum Gasteiger partial charge on any atom is 0.328 e. The quantitative estimate of drug-likeness (QED) is 0.577. The molecule has 1 N–H and O–H groups in total. The number of carbonyl (C=O) groups is 3. The van der Waals surface area contributed by atoms with E-state index in [1.54, 1.807) is 6.92 Å². The number of amides is 1. The highest BCUT2D eigenvalue weighted by molar-refractivity contribution is 6.39. The summed E-state index contributed by atoms with van der Waals surface area (Å²) in [7, 11) is 0. The first-order valence-corrected chi connectivity index (χ1v) is 10.2.